The van der Waals surface area contributed by atoms with E-state index < -0.39 is 6.04 Å². The summed E-state index contributed by atoms with van der Waals surface area (Å²) in [6, 6.07) is -0.436. The Balaban J connectivity index is 2.62. The molecule has 0 aliphatic heterocycles. The molecular weight excluding hydrogens is 192 g/mol. The Hall–Kier alpha value is -1.36. The molecule has 0 aliphatic rings. The highest BCUT2D eigenvalue weighted by Crippen LogP contribution is 2.11. The van der Waals surface area contributed by atoms with Crippen molar-refractivity contribution in [2.75, 3.05) is 5.32 Å². The lowest BCUT2D eigenvalue weighted by Crippen LogP contribution is -2.35. The average molecular weight is 210 g/mol. The smallest absolute Gasteiger partial charge is 0.241 e. The second kappa shape index (κ2) is 4.93. The van der Waals surface area contributed by atoms with Gasteiger partial charge in [0.25, 0.3) is 0 Å². The van der Waals surface area contributed by atoms with Crippen LogP contribution in [0.15, 0.2) is 6.20 Å². The minimum atomic E-state index is -0.436. The third-order valence-corrected chi connectivity index (χ3v) is 2.21. The van der Waals surface area contributed by atoms with Crippen LogP contribution in [0.1, 0.15) is 25.5 Å². The maximum atomic E-state index is 11.6. The zero-order chi connectivity index (χ0) is 11.4. The van der Waals surface area contributed by atoms with Gasteiger partial charge < -0.3 is 11.1 Å². The number of anilines is 1. The Kier molecular flexibility index (Phi) is 3.85. The molecule has 0 spiro atoms. The van der Waals surface area contributed by atoms with Gasteiger partial charge >= 0.3 is 0 Å². The van der Waals surface area contributed by atoms with E-state index in [0.29, 0.717) is 6.42 Å². The second-order valence-electron chi connectivity index (χ2n) is 3.69. The molecule has 0 bridgehead atoms. The van der Waals surface area contributed by atoms with Gasteiger partial charge in [0.15, 0.2) is 0 Å². The van der Waals surface area contributed by atoms with Crippen molar-refractivity contribution in [2.24, 2.45) is 12.8 Å². The molecule has 0 aromatic carbocycles. The van der Waals surface area contributed by atoms with Gasteiger partial charge in [0.2, 0.25) is 5.91 Å². The first-order chi connectivity index (χ1) is 7.04. The highest BCUT2D eigenvalue weighted by atomic mass is 16.2. The molecule has 1 atom stereocenters. The van der Waals surface area contributed by atoms with Crippen LogP contribution < -0.4 is 11.1 Å². The SMILES string of the molecule is CCC[C@H](N)C(=O)Nc1cn(C)nc1C. The highest BCUT2D eigenvalue weighted by molar-refractivity contribution is 5.94. The molecule has 0 radical (unpaired) electrons. The zero-order valence-corrected chi connectivity index (χ0v) is 9.45. The van der Waals surface area contributed by atoms with Gasteiger partial charge in [-0.1, -0.05) is 13.3 Å². The van der Waals surface area contributed by atoms with Gasteiger partial charge in [0.05, 0.1) is 17.4 Å². The fourth-order valence-corrected chi connectivity index (χ4v) is 1.39. The Bertz CT molecular complexity index is 345. The first kappa shape index (κ1) is 11.7. The molecule has 1 amide bonds. The molecule has 1 aromatic heterocycles. The predicted molar refractivity (Wildman–Crippen MR) is 59.5 cm³/mol. The number of aryl methyl sites for hydroxylation is 2. The van der Waals surface area contributed by atoms with E-state index >= 15 is 0 Å². The van der Waals surface area contributed by atoms with Gasteiger partial charge in [0, 0.05) is 13.2 Å². The Morgan fingerprint density at radius 3 is 2.87 bits per heavy atom. The molecule has 3 N–H and O–H groups in total. The summed E-state index contributed by atoms with van der Waals surface area (Å²) in [5, 5.41) is 6.90. The highest BCUT2D eigenvalue weighted by Gasteiger charge is 2.14. The summed E-state index contributed by atoms with van der Waals surface area (Å²) in [6.07, 6.45) is 3.37. The molecule has 0 unspecified atom stereocenters. The fraction of sp³-hybridized carbons (Fsp3) is 0.600. The number of carbonyl (C=O) groups is 1. The topological polar surface area (TPSA) is 72.9 Å². The van der Waals surface area contributed by atoms with E-state index in [2.05, 4.69) is 10.4 Å². The average Bonchev–Trinajstić information content (AvgIpc) is 2.45. The minimum Gasteiger partial charge on any atom is -0.322 e. The van der Waals surface area contributed by atoms with Gasteiger partial charge in [-0.15, -0.1) is 0 Å². The molecule has 1 rings (SSSR count). The lowest BCUT2D eigenvalue weighted by atomic mass is 10.1. The molecular formula is C10H18N4O. The Morgan fingerprint density at radius 1 is 1.73 bits per heavy atom. The fourth-order valence-electron chi connectivity index (χ4n) is 1.39. The molecule has 1 heterocycles. The van der Waals surface area contributed by atoms with Gasteiger partial charge in [-0.25, -0.2) is 0 Å². The van der Waals surface area contributed by atoms with Crippen LogP contribution in [0, 0.1) is 6.92 Å². The predicted octanol–water partition coefficient (Wildman–Crippen LogP) is 0.794. The molecule has 15 heavy (non-hydrogen) atoms. The van der Waals surface area contributed by atoms with Gasteiger partial charge in [-0.2, -0.15) is 5.10 Å². The molecule has 5 nitrogen and oxygen atoms in total. The normalized spacial score (nSPS) is 12.5. The number of nitrogens with two attached hydrogens (primary N) is 1. The van der Waals surface area contributed by atoms with Crippen molar-refractivity contribution in [2.45, 2.75) is 32.7 Å². The largest absolute Gasteiger partial charge is 0.322 e. The molecule has 0 saturated carbocycles. The number of nitrogens with zero attached hydrogens (tertiary/aromatic N) is 2. The van der Waals surface area contributed by atoms with Crippen LogP contribution >= 0.6 is 0 Å². The monoisotopic (exact) mass is 210 g/mol. The van der Waals surface area contributed by atoms with Crippen molar-refractivity contribution in [1.82, 2.24) is 9.78 Å². The second-order valence-corrected chi connectivity index (χ2v) is 3.69. The lowest BCUT2D eigenvalue weighted by Gasteiger charge is -2.09. The summed E-state index contributed by atoms with van der Waals surface area (Å²) in [5.41, 5.74) is 7.22. The van der Waals surface area contributed by atoms with E-state index in [4.69, 9.17) is 5.73 Å². The van der Waals surface area contributed by atoms with Crippen molar-refractivity contribution in [3.8, 4) is 0 Å². The van der Waals surface area contributed by atoms with Crippen LogP contribution in [-0.4, -0.2) is 21.7 Å². The van der Waals surface area contributed by atoms with Crippen LogP contribution in [0.2, 0.25) is 0 Å². The number of nitrogens with one attached hydrogen (secondary N) is 1. The third kappa shape index (κ3) is 3.06. The van der Waals surface area contributed by atoms with Crippen LogP contribution in [-0.2, 0) is 11.8 Å². The molecule has 84 valence electrons. The first-order valence-corrected chi connectivity index (χ1v) is 5.11. The minimum absolute atomic E-state index is 0.145. The number of hydrogen-bond donors (Lipinski definition) is 2. The molecule has 0 fully saturated rings. The van der Waals surface area contributed by atoms with Crippen LogP contribution in [0.25, 0.3) is 0 Å². The van der Waals surface area contributed by atoms with Crippen molar-refractivity contribution in [3.05, 3.63) is 11.9 Å². The quantitative estimate of drug-likeness (QED) is 0.771. The maximum Gasteiger partial charge on any atom is 0.241 e. The summed E-state index contributed by atoms with van der Waals surface area (Å²) in [4.78, 5) is 11.6. The zero-order valence-electron chi connectivity index (χ0n) is 9.45. The molecule has 0 aliphatic carbocycles. The summed E-state index contributed by atoms with van der Waals surface area (Å²) in [5.74, 6) is -0.145. The number of carbonyl (C=O) groups excluding carboxylic acids is 1. The van der Waals surface area contributed by atoms with Crippen LogP contribution in [0.4, 0.5) is 5.69 Å². The van der Waals surface area contributed by atoms with E-state index in [1.807, 2.05) is 20.9 Å². The van der Waals surface area contributed by atoms with Crippen molar-refractivity contribution < 1.29 is 4.79 Å². The van der Waals surface area contributed by atoms with E-state index in [-0.39, 0.29) is 5.91 Å². The lowest BCUT2D eigenvalue weighted by molar-refractivity contribution is -0.117. The Labute approximate surface area is 89.6 Å². The molecule has 0 saturated heterocycles. The van der Waals surface area contributed by atoms with E-state index in [0.717, 1.165) is 17.8 Å². The summed E-state index contributed by atoms with van der Waals surface area (Å²) >= 11 is 0. The van der Waals surface area contributed by atoms with Crippen molar-refractivity contribution >= 4 is 11.6 Å². The van der Waals surface area contributed by atoms with Crippen LogP contribution in [0.3, 0.4) is 0 Å². The van der Waals surface area contributed by atoms with E-state index in [9.17, 15) is 4.79 Å². The summed E-state index contributed by atoms with van der Waals surface area (Å²) in [7, 11) is 1.81. The van der Waals surface area contributed by atoms with Gasteiger partial charge in [-0.3, -0.25) is 9.48 Å². The van der Waals surface area contributed by atoms with Gasteiger partial charge in [-0.05, 0) is 13.3 Å². The van der Waals surface area contributed by atoms with E-state index in [1.54, 1.807) is 10.9 Å². The number of amides is 1. The third-order valence-electron chi connectivity index (χ3n) is 2.21. The molecule has 1 aromatic rings. The van der Waals surface area contributed by atoms with Crippen molar-refractivity contribution in [1.29, 1.82) is 0 Å². The number of hydrogen-bond acceptors (Lipinski definition) is 3. The van der Waals surface area contributed by atoms with E-state index in [1.165, 1.54) is 0 Å². The maximum absolute atomic E-state index is 11.6. The van der Waals surface area contributed by atoms with Crippen LogP contribution in [0.5, 0.6) is 0 Å². The standard InChI is InChI=1S/C10H18N4O/c1-4-5-8(11)10(15)12-9-6-14(3)13-7(9)2/h6,8H,4-5,11H2,1-3H3,(H,12,15)/t8-/m0/s1. The number of aromatic nitrogens is 2. The van der Waals surface area contributed by atoms with Gasteiger partial charge in [0.1, 0.15) is 0 Å². The summed E-state index contributed by atoms with van der Waals surface area (Å²) < 4.78 is 1.66. The molecule has 5 heteroatoms. The number of rotatable bonds is 4. The summed E-state index contributed by atoms with van der Waals surface area (Å²) in [6.45, 7) is 3.85. The Morgan fingerprint density at radius 2 is 2.40 bits per heavy atom. The van der Waals surface area contributed by atoms with Crippen molar-refractivity contribution in [3.63, 3.8) is 0 Å². The first-order valence-electron chi connectivity index (χ1n) is 5.11.